The second-order valence-corrected chi connectivity index (χ2v) is 5.38. The molecule has 1 nitrogen and oxygen atoms in total. The first-order valence-electron chi connectivity index (χ1n) is 7.02. The number of alkyl halides is 1. The summed E-state index contributed by atoms with van der Waals surface area (Å²) in [6.45, 7) is 5.26. The van der Waals surface area contributed by atoms with Crippen molar-refractivity contribution in [1.29, 1.82) is 0 Å². The summed E-state index contributed by atoms with van der Waals surface area (Å²) in [5.74, 6) is 0.658. The van der Waals surface area contributed by atoms with Crippen LogP contribution >= 0.6 is 11.6 Å². The lowest BCUT2D eigenvalue weighted by atomic mass is 9.94. The third kappa shape index (κ3) is 3.10. The lowest BCUT2D eigenvalue weighted by Crippen LogP contribution is -2.45. The Labute approximate surface area is 121 Å². The number of benzene rings is 2. The topological polar surface area (TPSA) is 12.0 Å². The molecule has 0 amide bonds. The molecule has 0 heterocycles. The first-order chi connectivity index (χ1) is 9.24. The van der Waals surface area contributed by atoms with Crippen molar-refractivity contribution in [2.24, 2.45) is 0 Å². The minimum absolute atomic E-state index is 0.0541. The summed E-state index contributed by atoms with van der Waals surface area (Å²) < 4.78 is 0. The van der Waals surface area contributed by atoms with Crippen LogP contribution in [0.25, 0.3) is 10.8 Å². The maximum atomic E-state index is 6.15. The van der Waals surface area contributed by atoms with Gasteiger partial charge in [0.15, 0.2) is 0 Å². The molecule has 2 aromatic carbocycles. The van der Waals surface area contributed by atoms with Gasteiger partial charge in [-0.15, -0.1) is 11.6 Å². The lowest BCUT2D eigenvalue weighted by Gasteiger charge is -2.31. The van der Waals surface area contributed by atoms with E-state index in [1.54, 1.807) is 0 Å². The highest BCUT2D eigenvalue weighted by atomic mass is 35.5. The zero-order valence-electron chi connectivity index (χ0n) is 11.7. The molecular weight excluding hydrogens is 254 g/mol. The number of nitrogens with one attached hydrogen (secondary N) is 1. The molecule has 1 N–H and O–H groups in total. The maximum Gasteiger partial charge on any atom is 0.0405 e. The Kier molecular flexibility index (Phi) is 4.84. The van der Waals surface area contributed by atoms with Crippen molar-refractivity contribution < 1.29 is 0 Å². The van der Waals surface area contributed by atoms with E-state index in [0.717, 1.165) is 19.4 Å². The molecule has 0 saturated heterocycles. The number of fused-ring (bicyclic) bond motifs is 1. The van der Waals surface area contributed by atoms with Crippen LogP contribution in [-0.4, -0.2) is 11.4 Å². The van der Waals surface area contributed by atoms with Crippen molar-refractivity contribution in [2.45, 2.75) is 38.8 Å². The monoisotopic (exact) mass is 275 g/mol. The zero-order valence-corrected chi connectivity index (χ0v) is 12.5. The molecule has 0 saturated carbocycles. The van der Waals surface area contributed by atoms with E-state index in [4.69, 9.17) is 11.6 Å². The molecule has 0 aromatic heterocycles. The fourth-order valence-electron chi connectivity index (χ4n) is 2.47. The van der Waals surface area contributed by atoms with Crippen LogP contribution in [0.15, 0.2) is 42.5 Å². The fraction of sp³-hybridized carbons (Fsp3) is 0.412. The fourth-order valence-corrected chi connectivity index (χ4v) is 2.94. The summed E-state index contributed by atoms with van der Waals surface area (Å²) in [7, 11) is 0. The average Bonchev–Trinajstić information content (AvgIpc) is 2.49. The Bertz CT molecular complexity index is 518. The van der Waals surface area contributed by atoms with E-state index in [2.05, 4.69) is 61.6 Å². The van der Waals surface area contributed by atoms with Gasteiger partial charge in [0.25, 0.3) is 0 Å². The van der Waals surface area contributed by atoms with E-state index in [1.807, 2.05) is 0 Å². The largest absolute Gasteiger partial charge is 0.306 e. The number of halogens is 1. The second kappa shape index (κ2) is 6.40. The summed E-state index contributed by atoms with van der Waals surface area (Å²) in [5, 5.41) is 6.28. The first kappa shape index (κ1) is 14.4. The van der Waals surface area contributed by atoms with Crippen molar-refractivity contribution in [1.82, 2.24) is 5.32 Å². The molecule has 102 valence electrons. The molecule has 0 bridgehead atoms. The Balaban J connectivity index is 2.22. The molecule has 0 unspecified atom stereocenters. The van der Waals surface area contributed by atoms with Gasteiger partial charge >= 0.3 is 0 Å². The van der Waals surface area contributed by atoms with Gasteiger partial charge in [0.1, 0.15) is 0 Å². The maximum absolute atomic E-state index is 6.15. The quantitative estimate of drug-likeness (QED) is 0.752. The van der Waals surface area contributed by atoms with Crippen molar-refractivity contribution in [3.63, 3.8) is 0 Å². The van der Waals surface area contributed by atoms with Crippen molar-refractivity contribution >= 4 is 22.4 Å². The molecule has 0 atom stereocenters. The van der Waals surface area contributed by atoms with Crippen molar-refractivity contribution in [2.75, 3.05) is 5.88 Å². The highest BCUT2D eigenvalue weighted by molar-refractivity contribution is 6.18. The molecule has 2 heteroatoms. The third-order valence-corrected chi connectivity index (χ3v) is 4.65. The van der Waals surface area contributed by atoms with Gasteiger partial charge in [-0.1, -0.05) is 56.3 Å². The SMILES string of the molecule is CCC(CC)(CCl)NCc1cccc2ccccc12. The van der Waals surface area contributed by atoms with Crippen molar-refractivity contribution in [3.8, 4) is 0 Å². The molecule has 0 radical (unpaired) electrons. The number of rotatable bonds is 6. The second-order valence-electron chi connectivity index (χ2n) is 5.11. The predicted molar refractivity (Wildman–Crippen MR) is 84.8 cm³/mol. The van der Waals surface area contributed by atoms with Gasteiger partial charge in [-0.2, -0.15) is 0 Å². The third-order valence-electron chi connectivity index (χ3n) is 4.14. The summed E-state index contributed by atoms with van der Waals surface area (Å²) in [4.78, 5) is 0. The number of hydrogen-bond acceptors (Lipinski definition) is 1. The predicted octanol–water partition coefficient (Wildman–Crippen LogP) is 4.73. The van der Waals surface area contributed by atoms with Gasteiger partial charge in [-0.25, -0.2) is 0 Å². The van der Waals surface area contributed by atoms with Crippen LogP contribution in [0.5, 0.6) is 0 Å². The van der Waals surface area contributed by atoms with E-state index in [9.17, 15) is 0 Å². The average molecular weight is 276 g/mol. The van der Waals surface area contributed by atoms with E-state index < -0.39 is 0 Å². The molecule has 0 aliphatic heterocycles. The highest BCUT2D eigenvalue weighted by Gasteiger charge is 2.24. The van der Waals surface area contributed by atoms with Crippen LogP contribution in [0.4, 0.5) is 0 Å². The van der Waals surface area contributed by atoms with Crippen LogP contribution in [0.1, 0.15) is 32.3 Å². The smallest absolute Gasteiger partial charge is 0.0405 e. The Morgan fingerprint density at radius 3 is 2.37 bits per heavy atom. The van der Waals surface area contributed by atoms with Crippen LogP contribution in [0.3, 0.4) is 0 Å². The van der Waals surface area contributed by atoms with E-state index in [-0.39, 0.29) is 5.54 Å². The van der Waals surface area contributed by atoms with Gasteiger partial charge in [-0.3, -0.25) is 0 Å². The highest BCUT2D eigenvalue weighted by Crippen LogP contribution is 2.21. The Morgan fingerprint density at radius 2 is 1.68 bits per heavy atom. The molecule has 0 aliphatic carbocycles. The minimum atomic E-state index is 0.0541. The standard InChI is InChI=1S/C17H22ClN/c1-3-17(4-2,13-18)19-12-15-10-7-9-14-8-5-6-11-16(14)15/h5-11,19H,3-4,12-13H2,1-2H3. The zero-order chi connectivity index (χ0) is 13.7. The number of hydrogen-bond donors (Lipinski definition) is 1. The molecule has 0 aliphatic rings. The van der Waals surface area contributed by atoms with Gasteiger partial charge in [0.2, 0.25) is 0 Å². The molecule has 2 aromatic rings. The molecule has 0 fully saturated rings. The molecule has 19 heavy (non-hydrogen) atoms. The van der Waals surface area contributed by atoms with Crippen LogP contribution < -0.4 is 5.32 Å². The Hall–Kier alpha value is -1.05. The van der Waals surface area contributed by atoms with Gasteiger partial charge in [0.05, 0.1) is 0 Å². The van der Waals surface area contributed by atoms with E-state index >= 15 is 0 Å². The summed E-state index contributed by atoms with van der Waals surface area (Å²) in [6.07, 6.45) is 2.11. The lowest BCUT2D eigenvalue weighted by molar-refractivity contribution is 0.335. The molecular formula is C17H22ClN. The van der Waals surface area contributed by atoms with Crippen LogP contribution in [-0.2, 0) is 6.54 Å². The summed E-state index contributed by atoms with van der Waals surface area (Å²) in [6, 6.07) is 15.0. The normalized spacial score (nSPS) is 11.9. The van der Waals surface area contributed by atoms with Gasteiger partial charge < -0.3 is 5.32 Å². The minimum Gasteiger partial charge on any atom is -0.306 e. The van der Waals surface area contributed by atoms with E-state index in [0.29, 0.717) is 5.88 Å². The first-order valence-corrected chi connectivity index (χ1v) is 7.56. The van der Waals surface area contributed by atoms with Crippen molar-refractivity contribution in [3.05, 3.63) is 48.0 Å². The van der Waals surface area contributed by atoms with Gasteiger partial charge in [-0.05, 0) is 29.2 Å². The van der Waals surface area contributed by atoms with E-state index in [1.165, 1.54) is 16.3 Å². The van der Waals surface area contributed by atoms with Crippen LogP contribution in [0.2, 0.25) is 0 Å². The molecule has 0 spiro atoms. The molecule has 2 rings (SSSR count). The summed E-state index contributed by atoms with van der Waals surface area (Å²) >= 11 is 6.15. The van der Waals surface area contributed by atoms with Crippen LogP contribution in [0, 0.1) is 0 Å². The Morgan fingerprint density at radius 1 is 1.00 bits per heavy atom. The van der Waals surface area contributed by atoms with Gasteiger partial charge in [0, 0.05) is 18.0 Å². The summed E-state index contributed by atoms with van der Waals surface area (Å²) in [5.41, 5.74) is 1.40.